The second-order valence-electron chi connectivity index (χ2n) is 7.11. The number of amides is 1. The van der Waals surface area contributed by atoms with E-state index < -0.39 is 0 Å². The largest absolute Gasteiger partial charge is 0.442 e. The third-order valence-electron chi connectivity index (χ3n) is 5.13. The lowest BCUT2D eigenvalue weighted by Gasteiger charge is -2.32. The van der Waals surface area contributed by atoms with Crippen molar-refractivity contribution >= 4 is 28.3 Å². The zero-order valence-corrected chi connectivity index (χ0v) is 16.8. The fourth-order valence-electron chi connectivity index (χ4n) is 3.19. The van der Waals surface area contributed by atoms with E-state index in [0.717, 1.165) is 39.0 Å². The molecule has 3 heterocycles. The van der Waals surface area contributed by atoms with E-state index in [-0.39, 0.29) is 17.9 Å². The molecule has 0 unspecified atom stereocenters. The summed E-state index contributed by atoms with van der Waals surface area (Å²) in [4.78, 5) is 29.6. The van der Waals surface area contributed by atoms with E-state index in [2.05, 4.69) is 37.1 Å². The van der Waals surface area contributed by atoms with Crippen LogP contribution in [0.4, 0.5) is 11.1 Å². The van der Waals surface area contributed by atoms with Gasteiger partial charge in [0.25, 0.3) is 0 Å². The first-order valence-corrected chi connectivity index (χ1v) is 10.1. The smallest absolute Gasteiger partial charge is 0.229 e. The third kappa shape index (κ3) is 4.40. The molecule has 1 N–H and O–H groups in total. The van der Waals surface area contributed by atoms with Gasteiger partial charge in [-0.15, -0.1) is 0 Å². The monoisotopic (exact) mass is 404 g/mol. The highest BCUT2D eigenvalue weighted by atomic mass is 32.1. The molecule has 28 heavy (non-hydrogen) atoms. The van der Waals surface area contributed by atoms with Gasteiger partial charge in [0.05, 0.1) is 24.7 Å². The summed E-state index contributed by atoms with van der Waals surface area (Å²) in [6.45, 7) is 3.84. The molecule has 9 nitrogen and oxygen atoms in total. The number of carbonyl (C=O) groups is 1. The van der Waals surface area contributed by atoms with E-state index in [9.17, 15) is 4.79 Å². The molecule has 1 saturated heterocycles. The third-order valence-corrected chi connectivity index (χ3v) is 5.92. The normalized spacial score (nSPS) is 22.6. The number of likely N-dealkylation sites (N-methyl/N-ethyl adjacent to an activating group) is 1. The molecule has 0 radical (unpaired) electrons. The maximum Gasteiger partial charge on any atom is 0.229 e. The molecule has 1 saturated carbocycles. The lowest BCUT2D eigenvalue weighted by Crippen LogP contribution is -2.45. The molecule has 1 aliphatic heterocycles. The summed E-state index contributed by atoms with van der Waals surface area (Å²) in [5.41, 5.74) is 0. The number of nitrogens with one attached hydrogen (secondary N) is 1. The van der Waals surface area contributed by atoms with Gasteiger partial charge in [0.2, 0.25) is 16.9 Å². The highest BCUT2D eigenvalue weighted by molar-refractivity contribution is 7.17. The van der Waals surface area contributed by atoms with Gasteiger partial charge in [-0.1, -0.05) is 11.3 Å². The van der Waals surface area contributed by atoms with E-state index >= 15 is 0 Å². The minimum absolute atomic E-state index is 0.00580. The fraction of sp³-hybridized carbons (Fsp3) is 0.556. The van der Waals surface area contributed by atoms with Gasteiger partial charge in [0.15, 0.2) is 10.9 Å². The Morgan fingerprint density at radius 3 is 2.54 bits per heavy atom. The highest BCUT2D eigenvalue weighted by Crippen LogP contribution is 2.33. The first kappa shape index (κ1) is 19.0. The van der Waals surface area contributed by atoms with Crippen LogP contribution in [-0.2, 0) is 9.53 Å². The molecule has 0 atom stereocenters. The predicted octanol–water partition coefficient (Wildman–Crippen LogP) is 1.84. The summed E-state index contributed by atoms with van der Waals surface area (Å²) in [7, 11) is 3.79. The van der Waals surface area contributed by atoms with Crippen LogP contribution in [0.5, 0.6) is 10.8 Å². The Morgan fingerprint density at radius 2 is 1.86 bits per heavy atom. The Morgan fingerprint density at radius 1 is 1.14 bits per heavy atom. The van der Waals surface area contributed by atoms with Crippen molar-refractivity contribution in [2.45, 2.75) is 18.9 Å². The molecule has 0 spiro atoms. The minimum Gasteiger partial charge on any atom is -0.442 e. The fourth-order valence-corrected chi connectivity index (χ4v) is 3.88. The molecule has 10 heteroatoms. The Bertz CT molecular complexity index is 800. The molecule has 2 aliphatic rings. The SMILES string of the molecule is COC1CC(C(=O)Nc2ncc(Oc3cnc(N4CCN(C)CC4)nc3)s2)C1. The molecule has 1 aliphatic carbocycles. The standard InChI is InChI=1S/C18H24N6O3S/c1-23-3-5-24(6-4-23)17-19-9-14(10-20-17)27-15-11-21-18(28-15)22-16(25)12-7-13(8-12)26-2/h9-13H,3-8H2,1-2H3,(H,21,22,25). The summed E-state index contributed by atoms with van der Waals surface area (Å²) < 4.78 is 11.0. The Balaban J connectivity index is 1.29. The van der Waals surface area contributed by atoms with Crippen LogP contribution < -0.4 is 15.0 Å². The molecular formula is C18H24N6O3S. The van der Waals surface area contributed by atoms with Crippen LogP contribution in [0.1, 0.15) is 12.8 Å². The van der Waals surface area contributed by atoms with E-state index in [1.54, 1.807) is 25.7 Å². The lowest BCUT2D eigenvalue weighted by atomic mass is 9.82. The Labute approximate surface area is 167 Å². The van der Waals surface area contributed by atoms with Crippen LogP contribution in [0.2, 0.25) is 0 Å². The van der Waals surface area contributed by atoms with Gasteiger partial charge in [0.1, 0.15) is 0 Å². The zero-order chi connectivity index (χ0) is 19.5. The number of thiazole rings is 1. The Hall–Kier alpha value is -2.30. The second-order valence-corrected chi connectivity index (χ2v) is 8.10. The summed E-state index contributed by atoms with van der Waals surface area (Å²) >= 11 is 1.28. The van der Waals surface area contributed by atoms with Crippen molar-refractivity contribution in [2.75, 3.05) is 50.6 Å². The number of piperazine rings is 1. The van der Waals surface area contributed by atoms with Crippen LogP contribution in [0.3, 0.4) is 0 Å². The average molecular weight is 404 g/mol. The Kier molecular flexibility index (Phi) is 5.69. The van der Waals surface area contributed by atoms with Crippen molar-refractivity contribution in [3.63, 3.8) is 0 Å². The number of aromatic nitrogens is 3. The van der Waals surface area contributed by atoms with Crippen LogP contribution in [0, 0.1) is 5.92 Å². The molecule has 0 bridgehead atoms. The molecule has 4 rings (SSSR count). The van der Waals surface area contributed by atoms with E-state index in [1.807, 2.05) is 0 Å². The van der Waals surface area contributed by atoms with Gasteiger partial charge in [-0.05, 0) is 19.9 Å². The highest BCUT2D eigenvalue weighted by Gasteiger charge is 2.34. The molecule has 0 aromatic carbocycles. The molecule has 1 amide bonds. The zero-order valence-electron chi connectivity index (χ0n) is 16.0. The van der Waals surface area contributed by atoms with Crippen LogP contribution in [0.25, 0.3) is 0 Å². The number of methoxy groups -OCH3 is 1. The first-order chi connectivity index (χ1) is 13.6. The second kappa shape index (κ2) is 8.38. The molecule has 2 fully saturated rings. The van der Waals surface area contributed by atoms with Gasteiger partial charge in [0, 0.05) is 39.2 Å². The van der Waals surface area contributed by atoms with E-state index in [1.165, 1.54) is 11.3 Å². The van der Waals surface area contributed by atoms with Gasteiger partial charge < -0.3 is 24.6 Å². The van der Waals surface area contributed by atoms with Crippen molar-refractivity contribution in [2.24, 2.45) is 5.92 Å². The van der Waals surface area contributed by atoms with Crippen molar-refractivity contribution in [1.29, 1.82) is 0 Å². The number of hydrogen-bond donors (Lipinski definition) is 1. The summed E-state index contributed by atoms with van der Waals surface area (Å²) in [6, 6.07) is 0. The number of nitrogens with zero attached hydrogens (tertiary/aromatic N) is 5. The number of ether oxygens (including phenoxy) is 2. The maximum absolute atomic E-state index is 12.2. The molecule has 150 valence electrons. The maximum atomic E-state index is 12.2. The lowest BCUT2D eigenvalue weighted by molar-refractivity contribution is -0.127. The molecule has 2 aromatic heterocycles. The topological polar surface area (TPSA) is 92.7 Å². The average Bonchev–Trinajstić information content (AvgIpc) is 3.09. The predicted molar refractivity (Wildman–Crippen MR) is 106 cm³/mol. The van der Waals surface area contributed by atoms with Crippen molar-refractivity contribution < 1.29 is 14.3 Å². The van der Waals surface area contributed by atoms with Crippen LogP contribution >= 0.6 is 11.3 Å². The van der Waals surface area contributed by atoms with Gasteiger partial charge in [-0.3, -0.25) is 4.79 Å². The van der Waals surface area contributed by atoms with Gasteiger partial charge >= 0.3 is 0 Å². The minimum atomic E-state index is -0.0194. The quantitative estimate of drug-likeness (QED) is 0.780. The molecular weight excluding hydrogens is 380 g/mol. The van der Waals surface area contributed by atoms with Crippen molar-refractivity contribution in [3.05, 3.63) is 18.6 Å². The summed E-state index contributed by atoms with van der Waals surface area (Å²) in [5, 5.41) is 3.94. The van der Waals surface area contributed by atoms with Gasteiger partial charge in [-0.25, -0.2) is 15.0 Å². The first-order valence-electron chi connectivity index (χ1n) is 9.33. The molecule has 2 aromatic rings. The number of rotatable bonds is 6. The van der Waals surface area contributed by atoms with Gasteiger partial charge in [-0.2, -0.15) is 0 Å². The van der Waals surface area contributed by atoms with Crippen LogP contribution in [0.15, 0.2) is 18.6 Å². The van der Waals surface area contributed by atoms with E-state index in [0.29, 0.717) is 21.9 Å². The summed E-state index contributed by atoms with van der Waals surface area (Å²) in [5.74, 6) is 1.23. The number of hydrogen-bond acceptors (Lipinski definition) is 9. The van der Waals surface area contributed by atoms with Crippen molar-refractivity contribution in [1.82, 2.24) is 19.9 Å². The number of carbonyl (C=O) groups excluding carboxylic acids is 1. The summed E-state index contributed by atoms with van der Waals surface area (Å²) in [6.07, 6.45) is 6.63. The van der Waals surface area contributed by atoms with E-state index in [4.69, 9.17) is 9.47 Å². The number of anilines is 2. The van der Waals surface area contributed by atoms with Crippen molar-refractivity contribution in [3.8, 4) is 10.8 Å². The van der Waals surface area contributed by atoms with Crippen LogP contribution in [-0.4, -0.2) is 72.2 Å².